The molecule has 1 aliphatic rings. The summed E-state index contributed by atoms with van der Waals surface area (Å²) in [6.45, 7) is 0.816. The second-order valence-corrected chi connectivity index (χ2v) is 4.82. The number of ether oxygens (including phenoxy) is 3. The second-order valence-electron chi connectivity index (χ2n) is 4.82. The standard InChI is InChI=1S/C16H16N2O4/c17-16(19)9-20-13-4-1-11(2-5-13)8-18-12-3-6-14-15(7-12)22-10-21-14/h1-7,18H,8-10H2,(H2,17,19). The highest BCUT2D eigenvalue weighted by molar-refractivity contribution is 5.75. The Morgan fingerprint density at radius 3 is 2.68 bits per heavy atom. The molecule has 0 aromatic heterocycles. The Labute approximate surface area is 127 Å². The van der Waals surface area contributed by atoms with Crippen molar-refractivity contribution in [2.75, 3.05) is 18.7 Å². The van der Waals surface area contributed by atoms with Crippen LogP contribution in [0.25, 0.3) is 0 Å². The number of rotatable bonds is 6. The Kier molecular flexibility index (Phi) is 4.00. The number of amides is 1. The number of nitrogens with two attached hydrogens (primary N) is 1. The van der Waals surface area contributed by atoms with E-state index in [1.807, 2.05) is 30.3 Å². The Morgan fingerprint density at radius 2 is 1.91 bits per heavy atom. The molecule has 1 aliphatic heterocycles. The molecule has 0 atom stereocenters. The average molecular weight is 300 g/mol. The Hall–Kier alpha value is -2.89. The lowest BCUT2D eigenvalue weighted by Gasteiger charge is -2.08. The van der Waals surface area contributed by atoms with Crippen LogP contribution in [0.15, 0.2) is 42.5 Å². The van der Waals surface area contributed by atoms with Gasteiger partial charge in [-0.25, -0.2) is 0 Å². The van der Waals surface area contributed by atoms with Crippen molar-refractivity contribution in [2.24, 2.45) is 5.73 Å². The molecule has 2 aromatic carbocycles. The Morgan fingerprint density at radius 1 is 1.14 bits per heavy atom. The molecule has 0 fully saturated rings. The lowest BCUT2D eigenvalue weighted by molar-refractivity contribution is -0.119. The van der Waals surface area contributed by atoms with Gasteiger partial charge in [0.2, 0.25) is 6.79 Å². The SMILES string of the molecule is NC(=O)COc1ccc(CNc2ccc3c(c2)OCO3)cc1. The maximum absolute atomic E-state index is 10.6. The number of primary amides is 1. The van der Waals surface area contributed by atoms with Gasteiger partial charge in [-0.15, -0.1) is 0 Å². The van der Waals surface area contributed by atoms with Crippen LogP contribution in [0.4, 0.5) is 5.69 Å². The molecule has 1 amide bonds. The highest BCUT2D eigenvalue weighted by atomic mass is 16.7. The van der Waals surface area contributed by atoms with Gasteiger partial charge < -0.3 is 25.3 Å². The fourth-order valence-corrected chi connectivity index (χ4v) is 2.07. The number of nitrogens with one attached hydrogen (secondary N) is 1. The third-order valence-electron chi connectivity index (χ3n) is 3.17. The van der Waals surface area contributed by atoms with Crippen LogP contribution in [0.5, 0.6) is 17.2 Å². The predicted molar refractivity (Wildman–Crippen MR) is 81.0 cm³/mol. The summed E-state index contributed by atoms with van der Waals surface area (Å²) in [6, 6.07) is 13.2. The molecule has 6 nitrogen and oxygen atoms in total. The fourth-order valence-electron chi connectivity index (χ4n) is 2.07. The number of carbonyl (C=O) groups is 1. The zero-order chi connectivity index (χ0) is 15.4. The molecule has 1 heterocycles. The van der Waals surface area contributed by atoms with Crippen LogP contribution in [0.1, 0.15) is 5.56 Å². The molecule has 2 aromatic rings. The molecule has 114 valence electrons. The Bertz CT molecular complexity index is 670. The van der Waals surface area contributed by atoms with E-state index in [-0.39, 0.29) is 13.4 Å². The summed E-state index contributed by atoms with van der Waals surface area (Å²) in [5.74, 6) is 1.64. The van der Waals surface area contributed by atoms with Crippen molar-refractivity contribution in [3.8, 4) is 17.2 Å². The molecule has 0 aliphatic carbocycles. The van der Waals surface area contributed by atoms with Gasteiger partial charge in [-0.05, 0) is 29.8 Å². The van der Waals surface area contributed by atoms with Crippen molar-refractivity contribution in [1.82, 2.24) is 0 Å². The first-order chi connectivity index (χ1) is 10.7. The van der Waals surface area contributed by atoms with Gasteiger partial charge in [0.1, 0.15) is 5.75 Å². The van der Waals surface area contributed by atoms with Crippen molar-refractivity contribution in [3.63, 3.8) is 0 Å². The zero-order valence-corrected chi connectivity index (χ0v) is 11.9. The summed E-state index contributed by atoms with van der Waals surface area (Å²) >= 11 is 0. The highest BCUT2D eigenvalue weighted by Gasteiger charge is 2.12. The quantitative estimate of drug-likeness (QED) is 0.851. The maximum atomic E-state index is 10.6. The summed E-state index contributed by atoms with van der Waals surface area (Å²) in [7, 11) is 0. The third-order valence-corrected chi connectivity index (χ3v) is 3.17. The van der Waals surface area contributed by atoms with Crippen LogP contribution in [-0.4, -0.2) is 19.3 Å². The van der Waals surface area contributed by atoms with Gasteiger partial charge in [-0.1, -0.05) is 12.1 Å². The number of anilines is 1. The van der Waals surface area contributed by atoms with E-state index < -0.39 is 5.91 Å². The van der Waals surface area contributed by atoms with Crippen LogP contribution in [0.2, 0.25) is 0 Å². The van der Waals surface area contributed by atoms with E-state index in [0.29, 0.717) is 12.3 Å². The smallest absolute Gasteiger partial charge is 0.255 e. The first-order valence-electron chi connectivity index (χ1n) is 6.84. The van der Waals surface area contributed by atoms with E-state index in [4.69, 9.17) is 19.9 Å². The Balaban J connectivity index is 1.56. The molecule has 0 spiro atoms. The minimum atomic E-state index is -0.492. The van der Waals surface area contributed by atoms with Gasteiger partial charge in [-0.2, -0.15) is 0 Å². The number of fused-ring (bicyclic) bond motifs is 1. The third kappa shape index (κ3) is 3.41. The van der Waals surface area contributed by atoms with Crippen LogP contribution in [-0.2, 0) is 11.3 Å². The van der Waals surface area contributed by atoms with Crippen LogP contribution >= 0.6 is 0 Å². The van der Waals surface area contributed by atoms with E-state index in [1.54, 1.807) is 12.1 Å². The molecule has 6 heteroatoms. The van der Waals surface area contributed by atoms with Gasteiger partial charge in [0, 0.05) is 18.3 Å². The van der Waals surface area contributed by atoms with E-state index in [9.17, 15) is 4.79 Å². The normalized spacial score (nSPS) is 12.0. The number of hydrogen-bond donors (Lipinski definition) is 2. The highest BCUT2D eigenvalue weighted by Crippen LogP contribution is 2.34. The first-order valence-corrected chi connectivity index (χ1v) is 6.84. The molecule has 0 bridgehead atoms. The lowest BCUT2D eigenvalue weighted by atomic mass is 10.2. The average Bonchev–Trinajstić information content (AvgIpc) is 2.99. The van der Waals surface area contributed by atoms with E-state index in [2.05, 4.69) is 5.32 Å². The first kappa shape index (κ1) is 14.1. The van der Waals surface area contributed by atoms with Crippen molar-refractivity contribution < 1.29 is 19.0 Å². The number of benzene rings is 2. The van der Waals surface area contributed by atoms with Crippen molar-refractivity contribution >= 4 is 11.6 Å². The molecule has 0 saturated carbocycles. The van der Waals surface area contributed by atoms with E-state index in [0.717, 1.165) is 22.7 Å². The summed E-state index contributed by atoms with van der Waals surface area (Å²) in [5.41, 5.74) is 7.07. The van der Waals surface area contributed by atoms with Crippen molar-refractivity contribution in [2.45, 2.75) is 6.54 Å². The minimum Gasteiger partial charge on any atom is -0.484 e. The van der Waals surface area contributed by atoms with Crippen LogP contribution < -0.4 is 25.3 Å². The molecule has 22 heavy (non-hydrogen) atoms. The topological polar surface area (TPSA) is 82.8 Å². The predicted octanol–water partition coefficient (Wildman–Crippen LogP) is 1.89. The van der Waals surface area contributed by atoms with Gasteiger partial charge in [0.05, 0.1) is 0 Å². The summed E-state index contributed by atoms with van der Waals surface area (Å²) < 4.78 is 15.8. The molecule has 0 unspecified atom stereocenters. The molecule has 0 radical (unpaired) electrons. The van der Waals surface area contributed by atoms with Crippen LogP contribution in [0.3, 0.4) is 0 Å². The van der Waals surface area contributed by atoms with Crippen molar-refractivity contribution in [3.05, 3.63) is 48.0 Å². The summed E-state index contributed by atoms with van der Waals surface area (Å²) in [5, 5.41) is 3.31. The fraction of sp³-hybridized carbons (Fsp3) is 0.188. The van der Waals surface area contributed by atoms with Crippen molar-refractivity contribution in [1.29, 1.82) is 0 Å². The molecule has 0 saturated heterocycles. The van der Waals surface area contributed by atoms with E-state index >= 15 is 0 Å². The van der Waals surface area contributed by atoms with Crippen LogP contribution in [0, 0.1) is 0 Å². The molecular formula is C16H16N2O4. The molecular weight excluding hydrogens is 284 g/mol. The molecule has 3 N–H and O–H groups in total. The maximum Gasteiger partial charge on any atom is 0.255 e. The van der Waals surface area contributed by atoms with Gasteiger partial charge in [0.15, 0.2) is 18.1 Å². The van der Waals surface area contributed by atoms with Gasteiger partial charge >= 0.3 is 0 Å². The summed E-state index contributed by atoms with van der Waals surface area (Å²) in [4.78, 5) is 10.6. The lowest BCUT2D eigenvalue weighted by Crippen LogP contribution is -2.19. The largest absolute Gasteiger partial charge is 0.484 e. The minimum absolute atomic E-state index is 0.116. The van der Waals surface area contributed by atoms with E-state index in [1.165, 1.54) is 0 Å². The number of carbonyl (C=O) groups excluding carboxylic acids is 1. The molecule has 3 rings (SSSR count). The van der Waals surface area contributed by atoms with Gasteiger partial charge in [-0.3, -0.25) is 4.79 Å². The van der Waals surface area contributed by atoms with Gasteiger partial charge in [0.25, 0.3) is 5.91 Å². The summed E-state index contributed by atoms with van der Waals surface area (Å²) in [6.07, 6.45) is 0. The second kappa shape index (κ2) is 6.26. The number of hydrogen-bond acceptors (Lipinski definition) is 5. The monoisotopic (exact) mass is 300 g/mol. The zero-order valence-electron chi connectivity index (χ0n) is 11.9.